The van der Waals surface area contributed by atoms with Crippen molar-refractivity contribution >= 4 is 31.5 Å². The number of rotatable bonds is 7. The van der Waals surface area contributed by atoms with Gasteiger partial charge in [-0.15, -0.1) is 0 Å². The van der Waals surface area contributed by atoms with Gasteiger partial charge in [0.05, 0.1) is 9.92 Å². The van der Waals surface area contributed by atoms with Gasteiger partial charge < -0.3 is 0 Å². The highest BCUT2D eigenvalue weighted by Crippen LogP contribution is 2.33. The number of sulfone groups is 1. The van der Waals surface area contributed by atoms with Crippen molar-refractivity contribution in [1.29, 1.82) is 0 Å². The predicted octanol–water partition coefficient (Wildman–Crippen LogP) is 2.55. The van der Waals surface area contributed by atoms with E-state index in [1.54, 1.807) is 0 Å². The van der Waals surface area contributed by atoms with E-state index < -0.39 is 19.9 Å². The minimum Gasteiger partial charge on any atom is -0.224 e. The first-order chi connectivity index (χ1) is 10.2. The summed E-state index contributed by atoms with van der Waals surface area (Å²) in [5.74, 6) is 0.401. The second-order valence-corrected chi connectivity index (χ2v) is 10.0. The summed E-state index contributed by atoms with van der Waals surface area (Å²) >= 11 is 6.03. The van der Waals surface area contributed by atoms with Crippen LogP contribution in [0.15, 0.2) is 28.0 Å². The van der Waals surface area contributed by atoms with E-state index in [1.165, 1.54) is 16.4 Å². The van der Waals surface area contributed by atoms with Crippen LogP contribution in [-0.2, 0) is 19.9 Å². The first kappa shape index (κ1) is 17.7. The molecule has 8 heteroatoms. The van der Waals surface area contributed by atoms with E-state index in [-0.39, 0.29) is 14.8 Å². The zero-order valence-corrected chi connectivity index (χ0v) is 15.0. The van der Waals surface area contributed by atoms with Crippen LogP contribution in [0.1, 0.15) is 26.2 Å². The molecule has 124 valence electrons. The number of nitrogens with zero attached hydrogens (tertiary/aromatic N) is 1. The summed E-state index contributed by atoms with van der Waals surface area (Å²) in [5, 5.41) is 0.0456. The van der Waals surface area contributed by atoms with E-state index in [9.17, 15) is 16.8 Å². The Kier molecular flexibility index (Phi) is 5.21. The van der Waals surface area contributed by atoms with Crippen LogP contribution in [0.2, 0.25) is 5.02 Å². The molecule has 0 bridgehead atoms. The van der Waals surface area contributed by atoms with Crippen LogP contribution in [0.5, 0.6) is 0 Å². The Bertz CT molecular complexity index is 755. The van der Waals surface area contributed by atoms with Gasteiger partial charge in [-0.25, -0.2) is 16.8 Å². The van der Waals surface area contributed by atoms with Crippen LogP contribution in [-0.4, -0.2) is 40.5 Å². The molecule has 0 atom stereocenters. The fourth-order valence-corrected chi connectivity index (χ4v) is 5.03. The zero-order chi connectivity index (χ0) is 16.5. The van der Waals surface area contributed by atoms with Crippen molar-refractivity contribution in [2.75, 3.05) is 19.3 Å². The Morgan fingerprint density at radius 2 is 1.86 bits per heavy atom. The largest absolute Gasteiger partial charge is 0.244 e. The molecule has 0 aliphatic heterocycles. The third-order valence-corrected chi connectivity index (χ3v) is 7.04. The van der Waals surface area contributed by atoms with Crippen molar-refractivity contribution in [3.05, 3.63) is 23.2 Å². The van der Waals surface area contributed by atoms with Crippen molar-refractivity contribution in [1.82, 2.24) is 4.31 Å². The van der Waals surface area contributed by atoms with E-state index >= 15 is 0 Å². The lowest BCUT2D eigenvalue weighted by Gasteiger charge is -2.22. The lowest BCUT2D eigenvalue weighted by atomic mass is 10.4. The molecule has 0 heterocycles. The second-order valence-electron chi connectivity index (χ2n) is 5.67. The highest BCUT2D eigenvalue weighted by atomic mass is 35.5. The van der Waals surface area contributed by atoms with Gasteiger partial charge >= 0.3 is 0 Å². The average molecular weight is 366 g/mol. The summed E-state index contributed by atoms with van der Waals surface area (Å²) in [6.07, 6.45) is 3.80. The number of hydrogen-bond donors (Lipinski definition) is 0. The van der Waals surface area contributed by atoms with Crippen molar-refractivity contribution < 1.29 is 16.8 Å². The van der Waals surface area contributed by atoms with E-state index in [4.69, 9.17) is 11.6 Å². The van der Waals surface area contributed by atoms with E-state index in [0.717, 1.165) is 25.2 Å². The molecule has 2 rings (SSSR count). The smallest absolute Gasteiger partial charge is 0.224 e. The second kappa shape index (κ2) is 6.47. The van der Waals surface area contributed by atoms with E-state index in [1.807, 2.05) is 6.92 Å². The van der Waals surface area contributed by atoms with Crippen LogP contribution in [0.3, 0.4) is 0 Å². The minimum absolute atomic E-state index is 0.0432. The molecule has 5 nitrogen and oxygen atoms in total. The molecule has 1 fully saturated rings. The maximum atomic E-state index is 12.8. The molecule has 1 aromatic carbocycles. The molecule has 1 aliphatic rings. The molecule has 0 N–H and O–H groups in total. The minimum atomic E-state index is -3.79. The van der Waals surface area contributed by atoms with Gasteiger partial charge in [0.2, 0.25) is 10.0 Å². The maximum absolute atomic E-state index is 12.8. The fourth-order valence-electron chi connectivity index (χ4n) is 2.20. The molecule has 0 spiro atoms. The first-order valence-corrected chi connectivity index (χ1v) is 10.9. The SMILES string of the molecule is CCCN(CC1CC1)S(=O)(=O)c1cc(S(C)(=O)=O)ccc1Cl. The van der Waals surface area contributed by atoms with Crippen LogP contribution in [0, 0.1) is 5.92 Å². The van der Waals surface area contributed by atoms with Gasteiger partial charge in [-0.05, 0) is 43.4 Å². The standard InChI is InChI=1S/C14H20ClNO4S2/c1-3-8-16(10-11-4-5-11)22(19,20)14-9-12(21(2,17)18)6-7-13(14)15/h6-7,9,11H,3-5,8,10H2,1-2H3. The van der Waals surface area contributed by atoms with Crippen molar-refractivity contribution in [2.45, 2.75) is 36.0 Å². The van der Waals surface area contributed by atoms with Crippen LogP contribution in [0.25, 0.3) is 0 Å². The van der Waals surface area contributed by atoms with Crippen molar-refractivity contribution in [2.24, 2.45) is 5.92 Å². The normalized spacial score (nSPS) is 16.2. The molecule has 0 saturated heterocycles. The monoisotopic (exact) mass is 365 g/mol. The van der Waals surface area contributed by atoms with Crippen LogP contribution >= 0.6 is 11.6 Å². The Morgan fingerprint density at radius 3 is 2.36 bits per heavy atom. The third-order valence-electron chi connectivity index (χ3n) is 3.58. The van der Waals surface area contributed by atoms with Crippen molar-refractivity contribution in [3.8, 4) is 0 Å². The Balaban J connectivity index is 2.46. The quantitative estimate of drug-likeness (QED) is 0.744. The van der Waals surface area contributed by atoms with Gasteiger partial charge in [0, 0.05) is 19.3 Å². The Hall–Kier alpha value is -0.630. The Morgan fingerprint density at radius 1 is 1.23 bits per heavy atom. The molecule has 0 unspecified atom stereocenters. The summed E-state index contributed by atoms with van der Waals surface area (Å²) in [4.78, 5) is -0.176. The van der Waals surface area contributed by atoms with Crippen molar-refractivity contribution in [3.63, 3.8) is 0 Å². The summed E-state index contributed by atoms with van der Waals surface area (Å²) in [5.41, 5.74) is 0. The molecule has 1 aliphatic carbocycles. The van der Waals surface area contributed by atoms with Gasteiger partial charge in [-0.1, -0.05) is 18.5 Å². The van der Waals surface area contributed by atoms with Gasteiger partial charge in [-0.2, -0.15) is 4.31 Å². The van der Waals surface area contributed by atoms with Gasteiger partial charge in [-0.3, -0.25) is 0 Å². The first-order valence-electron chi connectivity index (χ1n) is 7.16. The number of hydrogen-bond acceptors (Lipinski definition) is 4. The summed E-state index contributed by atoms with van der Waals surface area (Å²) < 4.78 is 50.4. The fraction of sp³-hybridized carbons (Fsp3) is 0.571. The maximum Gasteiger partial charge on any atom is 0.244 e. The van der Waals surface area contributed by atoms with Gasteiger partial charge in [0.1, 0.15) is 4.90 Å². The summed E-state index contributed by atoms with van der Waals surface area (Å²) in [6.45, 7) is 2.78. The summed E-state index contributed by atoms with van der Waals surface area (Å²) in [7, 11) is -7.29. The number of benzene rings is 1. The van der Waals surface area contributed by atoms with Gasteiger partial charge in [0.15, 0.2) is 9.84 Å². The molecular weight excluding hydrogens is 346 g/mol. The molecule has 0 aromatic heterocycles. The van der Waals surface area contributed by atoms with E-state index in [2.05, 4.69) is 0 Å². The topological polar surface area (TPSA) is 71.5 Å². The van der Waals surface area contributed by atoms with Crippen LogP contribution in [0.4, 0.5) is 0 Å². The van der Waals surface area contributed by atoms with E-state index in [0.29, 0.717) is 25.4 Å². The molecule has 1 aromatic rings. The molecule has 0 amide bonds. The molecular formula is C14H20ClNO4S2. The highest BCUT2D eigenvalue weighted by Gasteiger charge is 2.32. The molecule has 0 radical (unpaired) electrons. The lowest BCUT2D eigenvalue weighted by molar-refractivity contribution is 0.395. The Labute approximate surface area is 137 Å². The molecule has 22 heavy (non-hydrogen) atoms. The molecule has 1 saturated carbocycles. The predicted molar refractivity (Wildman–Crippen MR) is 86.3 cm³/mol. The highest BCUT2D eigenvalue weighted by molar-refractivity contribution is 7.91. The summed E-state index contributed by atoms with van der Waals surface area (Å²) in [6, 6.07) is 3.80. The number of sulfonamides is 1. The third kappa shape index (κ3) is 4.01. The lowest BCUT2D eigenvalue weighted by Crippen LogP contribution is -2.34. The number of halogens is 1. The average Bonchev–Trinajstić information content (AvgIpc) is 3.21. The van der Waals surface area contributed by atoms with Crippen LogP contribution < -0.4 is 0 Å². The zero-order valence-electron chi connectivity index (χ0n) is 12.6. The van der Waals surface area contributed by atoms with Gasteiger partial charge in [0.25, 0.3) is 0 Å².